The minimum atomic E-state index is -0.734. The maximum atomic E-state index is 10.6. The monoisotopic (exact) mass is 270 g/mol. The summed E-state index contributed by atoms with van der Waals surface area (Å²) < 4.78 is 0. The Morgan fingerprint density at radius 3 is 2.72 bits per heavy atom. The van der Waals surface area contributed by atoms with Gasteiger partial charge in [-0.2, -0.15) is 4.98 Å². The molecule has 2 rings (SSSR count). The number of piperidine rings is 1. The van der Waals surface area contributed by atoms with Gasteiger partial charge in [-0.15, -0.1) is 0 Å². The Morgan fingerprint density at radius 1 is 1.50 bits per heavy atom. The van der Waals surface area contributed by atoms with Crippen molar-refractivity contribution in [3.63, 3.8) is 0 Å². The zero-order valence-corrected chi connectivity index (χ0v) is 10.6. The third kappa shape index (κ3) is 3.22. The maximum Gasteiger partial charge on any atom is 0.303 e. The number of rotatable bonds is 3. The zero-order chi connectivity index (χ0) is 13.1. The van der Waals surface area contributed by atoms with E-state index in [0.29, 0.717) is 11.0 Å². The molecule has 1 fully saturated rings. The van der Waals surface area contributed by atoms with E-state index in [4.69, 9.17) is 22.4 Å². The van der Waals surface area contributed by atoms with Crippen molar-refractivity contribution in [2.24, 2.45) is 5.92 Å². The molecule has 0 aromatic carbocycles. The van der Waals surface area contributed by atoms with Crippen LogP contribution in [0.4, 0.5) is 11.8 Å². The number of nitrogen functional groups attached to an aromatic ring is 1. The Bertz CT molecular complexity index is 426. The van der Waals surface area contributed by atoms with Crippen molar-refractivity contribution in [2.45, 2.75) is 19.3 Å². The lowest BCUT2D eigenvalue weighted by Crippen LogP contribution is -2.35. The van der Waals surface area contributed by atoms with Gasteiger partial charge in [0.1, 0.15) is 11.0 Å². The van der Waals surface area contributed by atoms with Crippen LogP contribution >= 0.6 is 11.6 Å². The second kappa shape index (κ2) is 5.39. The van der Waals surface area contributed by atoms with E-state index in [1.807, 2.05) is 0 Å². The minimum absolute atomic E-state index is 0.158. The van der Waals surface area contributed by atoms with Gasteiger partial charge in [-0.1, -0.05) is 11.6 Å². The normalized spacial score (nSPS) is 16.8. The molecule has 0 atom stereocenters. The van der Waals surface area contributed by atoms with Crippen LogP contribution in [-0.4, -0.2) is 34.1 Å². The topological polar surface area (TPSA) is 92.3 Å². The lowest BCUT2D eigenvalue weighted by Gasteiger charge is -2.32. The van der Waals surface area contributed by atoms with E-state index in [1.54, 1.807) is 6.07 Å². The molecule has 1 saturated heterocycles. The van der Waals surface area contributed by atoms with Crippen LogP contribution in [0.25, 0.3) is 0 Å². The van der Waals surface area contributed by atoms with E-state index in [9.17, 15) is 4.79 Å². The van der Waals surface area contributed by atoms with Crippen LogP contribution in [0.5, 0.6) is 0 Å². The summed E-state index contributed by atoms with van der Waals surface area (Å²) in [4.78, 5) is 20.6. The summed E-state index contributed by atoms with van der Waals surface area (Å²) in [7, 11) is 0. The second-order valence-electron chi connectivity index (χ2n) is 4.44. The first-order chi connectivity index (χ1) is 8.54. The van der Waals surface area contributed by atoms with Crippen LogP contribution in [0.15, 0.2) is 6.07 Å². The highest BCUT2D eigenvalue weighted by molar-refractivity contribution is 6.29. The maximum absolute atomic E-state index is 10.6. The molecule has 0 spiro atoms. The van der Waals surface area contributed by atoms with Crippen molar-refractivity contribution in [1.82, 2.24) is 9.97 Å². The average Bonchev–Trinajstić information content (AvgIpc) is 2.27. The smallest absolute Gasteiger partial charge is 0.303 e. The average molecular weight is 271 g/mol. The van der Waals surface area contributed by atoms with Gasteiger partial charge in [-0.3, -0.25) is 4.79 Å². The lowest BCUT2D eigenvalue weighted by molar-refractivity contribution is -0.138. The molecular weight excluding hydrogens is 256 g/mol. The number of aromatic nitrogens is 2. The molecule has 7 heteroatoms. The fourth-order valence-electron chi connectivity index (χ4n) is 2.20. The Morgan fingerprint density at radius 2 is 2.17 bits per heavy atom. The molecule has 0 bridgehead atoms. The molecule has 98 valence electrons. The molecule has 0 saturated carbocycles. The number of nitrogens with zero attached hydrogens (tertiary/aromatic N) is 3. The highest BCUT2D eigenvalue weighted by atomic mass is 35.5. The predicted octanol–water partition coefficient (Wildman–Crippen LogP) is 1.40. The van der Waals surface area contributed by atoms with Gasteiger partial charge in [-0.05, 0) is 18.8 Å². The number of hydrogen-bond acceptors (Lipinski definition) is 5. The summed E-state index contributed by atoms with van der Waals surface area (Å²) in [6.07, 6.45) is 1.92. The van der Waals surface area contributed by atoms with Crippen LogP contribution < -0.4 is 10.6 Å². The summed E-state index contributed by atoms with van der Waals surface area (Å²) in [6.45, 7) is 1.54. The molecular formula is C11H15ClN4O2. The lowest BCUT2D eigenvalue weighted by atomic mass is 9.94. The Labute approximate surface area is 110 Å². The first kappa shape index (κ1) is 12.9. The summed E-state index contributed by atoms with van der Waals surface area (Å²) in [5.74, 6) is 0.377. The first-order valence-corrected chi connectivity index (χ1v) is 6.19. The predicted molar refractivity (Wildman–Crippen MR) is 68.6 cm³/mol. The van der Waals surface area contributed by atoms with Gasteiger partial charge >= 0.3 is 5.97 Å². The van der Waals surface area contributed by atoms with Gasteiger partial charge < -0.3 is 15.7 Å². The van der Waals surface area contributed by atoms with Crippen LogP contribution in [0, 0.1) is 5.92 Å². The summed E-state index contributed by atoms with van der Waals surface area (Å²) in [6, 6.07) is 1.68. The Balaban J connectivity index is 1.98. The SMILES string of the molecule is Nc1nc(Cl)cc(N2CCC(CC(=O)O)CC2)n1. The third-order valence-electron chi connectivity index (χ3n) is 3.10. The van der Waals surface area contributed by atoms with Gasteiger partial charge in [0.05, 0.1) is 0 Å². The summed E-state index contributed by atoms with van der Waals surface area (Å²) >= 11 is 5.83. The van der Waals surface area contributed by atoms with Crippen LogP contribution in [0.3, 0.4) is 0 Å². The van der Waals surface area contributed by atoms with Gasteiger partial charge in [0, 0.05) is 25.6 Å². The molecule has 0 amide bonds. The Hall–Kier alpha value is -1.56. The molecule has 0 aliphatic carbocycles. The van der Waals surface area contributed by atoms with Crippen molar-refractivity contribution < 1.29 is 9.90 Å². The first-order valence-electron chi connectivity index (χ1n) is 5.81. The summed E-state index contributed by atoms with van der Waals surface area (Å²) in [5.41, 5.74) is 5.55. The molecule has 1 aromatic rings. The number of carboxylic acids is 1. The van der Waals surface area contributed by atoms with E-state index in [-0.39, 0.29) is 18.3 Å². The fourth-order valence-corrected chi connectivity index (χ4v) is 2.38. The molecule has 0 radical (unpaired) electrons. The molecule has 6 nitrogen and oxygen atoms in total. The molecule has 1 aliphatic rings. The number of aliphatic carboxylic acids is 1. The van der Waals surface area contributed by atoms with Crippen molar-refractivity contribution in [3.8, 4) is 0 Å². The van der Waals surface area contributed by atoms with Crippen LogP contribution in [0.2, 0.25) is 5.15 Å². The van der Waals surface area contributed by atoms with Crippen LogP contribution in [0.1, 0.15) is 19.3 Å². The van der Waals surface area contributed by atoms with E-state index in [2.05, 4.69) is 14.9 Å². The number of halogens is 1. The van der Waals surface area contributed by atoms with Gasteiger partial charge in [0.15, 0.2) is 0 Å². The molecule has 3 N–H and O–H groups in total. The fraction of sp³-hybridized carbons (Fsp3) is 0.545. The number of carbonyl (C=O) groups is 1. The van der Waals surface area contributed by atoms with E-state index in [1.165, 1.54) is 0 Å². The highest BCUT2D eigenvalue weighted by Crippen LogP contribution is 2.25. The standard InChI is InChI=1S/C11H15ClN4O2/c12-8-6-9(15-11(13)14-8)16-3-1-7(2-4-16)5-10(17)18/h6-7H,1-5H2,(H,17,18)(H2,13,14,15). The van der Waals surface area contributed by atoms with Gasteiger partial charge in [-0.25, -0.2) is 4.98 Å². The van der Waals surface area contributed by atoms with Crippen molar-refractivity contribution in [3.05, 3.63) is 11.2 Å². The second-order valence-corrected chi connectivity index (χ2v) is 4.82. The van der Waals surface area contributed by atoms with Crippen molar-refractivity contribution in [2.75, 3.05) is 23.7 Å². The van der Waals surface area contributed by atoms with Crippen molar-refractivity contribution >= 4 is 29.3 Å². The zero-order valence-electron chi connectivity index (χ0n) is 9.84. The quantitative estimate of drug-likeness (QED) is 0.807. The number of anilines is 2. The van der Waals surface area contributed by atoms with Gasteiger partial charge in [0.25, 0.3) is 0 Å². The largest absolute Gasteiger partial charge is 0.481 e. The summed E-state index contributed by atoms with van der Waals surface area (Å²) in [5, 5.41) is 9.08. The number of carboxylic acid groups (broad SMARTS) is 1. The molecule has 1 aliphatic heterocycles. The van der Waals surface area contributed by atoms with E-state index in [0.717, 1.165) is 25.9 Å². The van der Waals surface area contributed by atoms with E-state index >= 15 is 0 Å². The molecule has 1 aromatic heterocycles. The molecule has 18 heavy (non-hydrogen) atoms. The number of nitrogens with two attached hydrogens (primary N) is 1. The Kier molecular flexibility index (Phi) is 3.86. The van der Waals surface area contributed by atoms with E-state index < -0.39 is 5.97 Å². The molecule has 0 unspecified atom stereocenters. The van der Waals surface area contributed by atoms with Crippen molar-refractivity contribution in [1.29, 1.82) is 0 Å². The highest BCUT2D eigenvalue weighted by Gasteiger charge is 2.22. The van der Waals surface area contributed by atoms with Crippen LogP contribution in [-0.2, 0) is 4.79 Å². The van der Waals surface area contributed by atoms with Gasteiger partial charge in [0.2, 0.25) is 5.95 Å². The number of hydrogen-bond donors (Lipinski definition) is 2. The minimum Gasteiger partial charge on any atom is -0.481 e. The molecule has 2 heterocycles. The third-order valence-corrected chi connectivity index (χ3v) is 3.29.